The summed E-state index contributed by atoms with van der Waals surface area (Å²) in [6, 6.07) is 16.6. The Labute approximate surface area is 214 Å². The van der Waals surface area contributed by atoms with E-state index in [0.29, 0.717) is 17.7 Å². The van der Waals surface area contributed by atoms with Crippen LogP contribution >= 0.6 is 10.8 Å². The molecule has 0 spiro atoms. The van der Waals surface area contributed by atoms with Crippen molar-refractivity contribution in [3.05, 3.63) is 77.0 Å². The van der Waals surface area contributed by atoms with Crippen molar-refractivity contribution in [2.75, 3.05) is 20.2 Å². The van der Waals surface area contributed by atoms with Crippen molar-refractivity contribution in [3.63, 3.8) is 0 Å². The number of esters is 1. The summed E-state index contributed by atoms with van der Waals surface area (Å²) in [4.78, 5) is 27.9. The van der Waals surface area contributed by atoms with Crippen LogP contribution in [-0.4, -0.2) is 62.0 Å². The first-order valence-corrected chi connectivity index (χ1v) is 13.6. The van der Waals surface area contributed by atoms with Crippen LogP contribution in [-0.2, 0) is 16.1 Å². The zero-order valence-corrected chi connectivity index (χ0v) is 22.0. The average molecular weight is 514 g/mol. The lowest BCUT2D eigenvalue weighted by molar-refractivity contribution is -0.125. The number of likely N-dealkylation sites (tertiary alicyclic amines) is 1. The smallest absolute Gasteiger partial charge is 0.337 e. The quantitative estimate of drug-likeness (QED) is 0.481. The van der Waals surface area contributed by atoms with Crippen LogP contribution < -0.4 is 5.32 Å². The summed E-state index contributed by atoms with van der Waals surface area (Å²) < 4.78 is 28.6. The van der Waals surface area contributed by atoms with E-state index in [1.54, 1.807) is 39.0 Å². The number of carbonyl (C=O) groups excluding carboxylic acids is 2. The molecule has 0 saturated carbocycles. The normalized spacial score (nSPS) is 19.9. The first-order valence-electron chi connectivity index (χ1n) is 12.1. The second kappa shape index (κ2) is 10.3. The van der Waals surface area contributed by atoms with E-state index in [4.69, 9.17) is 4.74 Å². The Hall–Kier alpha value is -2.85. The molecule has 194 valence electrons. The topological polar surface area (TPSA) is 102 Å². The summed E-state index contributed by atoms with van der Waals surface area (Å²) in [6.45, 7) is 7.74. The monoisotopic (exact) mass is 513 g/mol. The zero-order valence-electron chi connectivity index (χ0n) is 21.2. The molecular formula is C27H35N3O5S. The predicted octanol–water partition coefficient (Wildman–Crippen LogP) is 4.70. The van der Waals surface area contributed by atoms with Gasteiger partial charge in [0.1, 0.15) is 10.6 Å². The van der Waals surface area contributed by atoms with Crippen LogP contribution in [0.15, 0.2) is 60.3 Å². The van der Waals surface area contributed by atoms with Gasteiger partial charge in [-0.3, -0.25) is 18.8 Å². The molecule has 8 nitrogen and oxygen atoms in total. The van der Waals surface area contributed by atoms with Crippen molar-refractivity contribution < 1.29 is 23.4 Å². The van der Waals surface area contributed by atoms with Crippen LogP contribution in [0.4, 0.5) is 0 Å². The molecule has 2 aromatic rings. The lowest BCUT2D eigenvalue weighted by Crippen LogP contribution is -2.47. The van der Waals surface area contributed by atoms with E-state index in [-0.39, 0.29) is 28.5 Å². The van der Waals surface area contributed by atoms with Crippen LogP contribution in [0.2, 0.25) is 0 Å². The van der Waals surface area contributed by atoms with Crippen LogP contribution in [0.5, 0.6) is 0 Å². The highest BCUT2D eigenvalue weighted by Gasteiger charge is 2.50. The number of piperidine rings is 1. The van der Waals surface area contributed by atoms with E-state index >= 15 is 0 Å². The van der Waals surface area contributed by atoms with Gasteiger partial charge in [0.25, 0.3) is 5.91 Å². The maximum atomic E-state index is 13.5. The minimum Gasteiger partial charge on any atom is -0.465 e. The highest BCUT2D eigenvalue weighted by Crippen LogP contribution is 2.64. The Morgan fingerprint density at radius 1 is 1.08 bits per heavy atom. The predicted molar refractivity (Wildman–Crippen MR) is 142 cm³/mol. The molecule has 1 fully saturated rings. The van der Waals surface area contributed by atoms with E-state index in [9.17, 15) is 18.7 Å². The van der Waals surface area contributed by atoms with Crippen LogP contribution in [0.3, 0.4) is 0 Å². The van der Waals surface area contributed by atoms with E-state index in [1.807, 2.05) is 36.4 Å². The second-order valence-corrected chi connectivity index (χ2v) is 12.1. The molecule has 36 heavy (non-hydrogen) atoms. The Balaban J connectivity index is 1.49. The van der Waals surface area contributed by atoms with Gasteiger partial charge in [-0.25, -0.2) is 9.10 Å². The second-order valence-electron chi connectivity index (χ2n) is 10.2. The number of nitrogens with zero attached hydrogens (tertiary/aromatic N) is 2. The van der Waals surface area contributed by atoms with Crippen LogP contribution in [0.1, 0.15) is 55.1 Å². The van der Waals surface area contributed by atoms with Crippen molar-refractivity contribution in [1.29, 1.82) is 0 Å². The standard InChI is InChI=1S/C27H35N3O5S/c1-27(2,3)30-25(31)23(24(36(30,33)34)20-10-6-5-7-11-20)28-22-13-15-29(16-14-22)18-19-9-8-12-21(17-19)26(32)35-4/h5-12,17,22,28,33-34H,13-16,18H2,1-4H3. The fraction of sp³-hybridized carbons (Fsp3) is 0.407. The van der Waals surface area contributed by atoms with Gasteiger partial charge in [0.15, 0.2) is 0 Å². The van der Waals surface area contributed by atoms with Crippen molar-refractivity contribution in [2.24, 2.45) is 0 Å². The van der Waals surface area contributed by atoms with Crippen molar-refractivity contribution in [3.8, 4) is 0 Å². The third-order valence-electron chi connectivity index (χ3n) is 6.49. The first kappa shape index (κ1) is 26.2. The first-order chi connectivity index (χ1) is 17.0. The Bertz CT molecular complexity index is 1150. The summed E-state index contributed by atoms with van der Waals surface area (Å²) in [7, 11) is -2.12. The molecule has 2 heterocycles. The molecule has 0 radical (unpaired) electrons. The molecule has 1 saturated heterocycles. The van der Waals surface area contributed by atoms with Crippen molar-refractivity contribution in [1.82, 2.24) is 14.5 Å². The molecule has 0 atom stereocenters. The van der Waals surface area contributed by atoms with Gasteiger partial charge in [0, 0.05) is 31.2 Å². The fourth-order valence-electron chi connectivity index (χ4n) is 4.86. The molecule has 2 aliphatic rings. The number of amides is 1. The lowest BCUT2D eigenvalue weighted by atomic mass is 10.0. The van der Waals surface area contributed by atoms with Gasteiger partial charge in [-0.1, -0.05) is 53.2 Å². The molecule has 4 rings (SSSR count). The summed E-state index contributed by atoms with van der Waals surface area (Å²) in [5.74, 6) is -0.734. The van der Waals surface area contributed by atoms with E-state index in [0.717, 1.165) is 31.5 Å². The third-order valence-corrected chi connectivity index (χ3v) is 8.70. The number of rotatable bonds is 6. The number of nitrogens with one attached hydrogen (secondary N) is 1. The summed E-state index contributed by atoms with van der Waals surface area (Å²) in [5, 5.41) is 3.39. The van der Waals surface area contributed by atoms with Gasteiger partial charge in [0.2, 0.25) is 0 Å². The molecule has 0 aromatic heterocycles. The molecule has 1 amide bonds. The highest BCUT2D eigenvalue weighted by atomic mass is 32.3. The van der Waals surface area contributed by atoms with Gasteiger partial charge < -0.3 is 10.1 Å². The maximum Gasteiger partial charge on any atom is 0.337 e. The number of hydrogen-bond donors (Lipinski definition) is 3. The number of hydrogen-bond acceptors (Lipinski definition) is 7. The van der Waals surface area contributed by atoms with Gasteiger partial charge in [-0.15, -0.1) is 0 Å². The summed E-state index contributed by atoms with van der Waals surface area (Å²) >= 11 is 0. The molecule has 2 aromatic carbocycles. The minimum atomic E-state index is -3.50. The molecule has 0 unspecified atom stereocenters. The highest BCUT2D eigenvalue weighted by molar-refractivity contribution is 8.31. The molecular weight excluding hydrogens is 478 g/mol. The molecule has 9 heteroatoms. The molecule has 2 aliphatic heterocycles. The van der Waals surface area contributed by atoms with E-state index in [1.165, 1.54) is 11.4 Å². The van der Waals surface area contributed by atoms with Crippen LogP contribution in [0, 0.1) is 0 Å². The number of benzene rings is 2. The number of carbonyl (C=O) groups is 2. The Kier molecular flexibility index (Phi) is 7.47. The Morgan fingerprint density at radius 3 is 2.36 bits per heavy atom. The maximum absolute atomic E-state index is 13.5. The summed E-state index contributed by atoms with van der Waals surface area (Å²) in [6.07, 6.45) is 1.59. The van der Waals surface area contributed by atoms with Gasteiger partial charge in [-0.2, -0.15) is 0 Å². The van der Waals surface area contributed by atoms with Crippen molar-refractivity contribution >= 4 is 27.6 Å². The molecule has 0 aliphatic carbocycles. The Morgan fingerprint density at radius 2 is 1.75 bits per heavy atom. The lowest BCUT2D eigenvalue weighted by Gasteiger charge is -2.45. The minimum absolute atomic E-state index is 0.0236. The zero-order chi connectivity index (χ0) is 26.1. The SMILES string of the molecule is COC(=O)c1cccc(CN2CCC(NC3=C(c4ccccc4)S(O)(O)N(C(C)(C)C)C3=O)CC2)c1. The van der Waals surface area contributed by atoms with Gasteiger partial charge in [-0.05, 0) is 51.3 Å². The van der Waals surface area contributed by atoms with Gasteiger partial charge >= 0.3 is 5.97 Å². The third kappa shape index (κ3) is 5.29. The summed E-state index contributed by atoms with van der Waals surface area (Å²) in [5.41, 5.74) is 1.72. The van der Waals surface area contributed by atoms with E-state index in [2.05, 4.69) is 10.2 Å². The average Bonchev–Trinajstić information content (AvgIpc) is 3.04. The van der Waals surface area contributed by atoms with Gasteiger partial charge in [0.05, 0.1) is 18.2 Å². The van der Waals surface area contributed by atoms with Crippen molar-refractivity contribution in [2.45, 2.75) is 51.7 Å². The molecule has 0 bridgehead atoms. The largest absolute Gasteiger partial charge is 0.465 e. The number of methoxy groups -OCH3 is 1. The van der Waals surface area contributed by atoms with Crippen LogP contribution in [0.25, 0.3) is 4.91 Å². The van der Waals surface area contributed by atoms with E-state index < -0.39 is 16.3 Å². The fourth-order valence-corrected chi connectivity index (χ4v) is 7.00. The molecule has 3 N–H and O–H groups in total. The number of ether oxygens (including phenoxy) is 1.